The molecule has 1 heterocycles. The molecule has 0 aliphatic rings. The lowest BCUT2D eigenvalue weighted by Crippen LogP contribution is -2.08. The van der Waals surface area contributed by atoms with Crippen molar-refractivity contribution in [2.45, 2.75) is 13.5 Å². The van der Waals surface area contributed by atoms with Gasteiger partial charge < -0.3 is 5.11 Å². The molecule has 5 heteroatoms. The second-order valence-electron chi connectivity index (χ2n) is 4.15. The van der Waals surface area contributed by atoms with E-state index in [1.54, 1.807) is 24.3 Å². The SMILES string of the molecule is C=CCn1nc(-c2cc(Cl)ccc2C)cc1C(=O)O. The van der Waals surface area contributed by atoms with Crippen molar-refractivity contribution in [3.63, 3.8) is 0 Å². The minimum absolute atomic E-state index is 0.134. The van der Waals surface area contributed by atoms with Crippen LogP contribution in [0.3, 0.4) is 0 Å². The van der Waals surface area contributed by atoms with Crippen molar-refractivity contribution in [2.24, 2.45) is 0 Å². The summed E-state index contributed by atoms with van der Waals surface area (Å²) in [5, 5.41) is 14.0. The van der Waals surface area contributed by atoms with Crippen molar-refractivity contribution >= 4 is 17.6 Å². The molecule has 0 aliphatic heterocycles. The Bertz CT molecular complexity index is 647. The van der Waals surface area contributed by atoms with E-state index in [9.17, 15) is 4.79 Å². The second kappa shape index (κ2) is 5.28. The van der Waals surface area contributed by atoms with E-state index in [2.05, 4.69) is 11.7 Å². The zero-order valence-corrected chi connectivity index (χ0v) is 11.2. The van der Waals surface area contributed by atoms with Crippen LogP contribution in [0.15, 0.2) is 36.9 Å². The van der Waals surface area contributed by atoms with Gasteiger partial charge in [0.15, 0.2) is 0 Å². The third kappa shape index (κ3) is 2.69. The number of carboxylic acid groups (broad SMARTS) is 1. The van der Waals surface area contributed by atoms with E-state index in [1.165, 1.54) is 4.68 Å². The molecule has 2 rings (SSSR count). The first-order valence-corrected chi connectivity index (χ1v) is 6.09. The maximum atomic E-state index is 11.2. The summed E-state index contributed by atoms with van der Waals surface area (Å²) in [6.45, 7) is 5.87. The number of aryl methyl sites for hydroxylation is 1. The fourth-order valence-electron chi connectivity index (χ4n) is 1.85. The molecule has 0 saturated heterocycles. The van der Waals surface area contributed by atoms with Gasteiger partial charge in [-0.05, 0) is 30.7 Å². The number of nitrogens with zero attached hydrogens (tertiary/aromatic N) is 2. The molecule has 0 amide bonds. The van der Waals surface area contributed by atoms with Crippen LogP contribution in [-0.4, -0.2) is 20.9 Å². The highest BCUT2D eigenvalue weighted by Gasteiger charge is 2.15. The number of aromatic nitrogens is 2. The first-order chi connectivity index (χ1) is 9.02. The fourth-order valence-corrected chi connectivity index (χ4v) is 2.02. The third-order valence-corrected chi connectivity index (χ3v) is 3.01. The molecule has 0 bridgehead atoms. The maximum absolute atomic E-state index is 11.2. The standard InChI is InChI=1S/C14H13ClN2O2/c1-3-6-17-13(14(18)19)8-12(16-17)11-7-10(15)5-4-9(11)2/h3-5,7-8H,1,6H2,2H3,(H,18,19). The zero-order chi connectivity index (χ0) is 14.0. The van der Waals surface area contributed by atoms with Crippen LogP contribution in [0.4, 0.5) is 0 Å². The van der Waals surface area contributed by atoms with Gasteiger partial charge in [0.25, 0.3) is 0 Å². The Morgan fingerprint density at radius 3 is 2.89 bits per heavy atom. The van der Waals surface area contributed by atoms with Crippen LogP contribution >= 0.6 is 11.6 Å². The van der Waals surface area contributed by atoms with Gasteiger partial charge in [0.05, 0.1) is 12.2 Å². The van der Waals surface area contributed by atoms with E-state index in [-0.39, 0.29) is 5.69 Å². The summed E-state index contributed by atoms with van der Waals surface area (Å²) in [7, 11) is 0. The number of carbonyl (C=O) groups is 1. The average molecular weight is 277 g/mol. The van der Waals surface area contributed by atoms with Gasteiger partial charge in [0, 0.05) is 10.6 Å². The van der Waals surface area contributed by atoms with E-state index >= 15 is 0 Å². The van der Waals surface area contributed by atoms with Crippen LogP contribution in [0.1, 0.15) is 16.1 Å². The van der Waals surface area contributed by atoms with Crippen molar-refractivity contribution in [3.05, 3.63) is 53.2 Å². The van der Waals surface area contributed by atoms with Gasteiger partial charge in [0.2, 0.25) is 0 Å². The van der Waals surface area contributed by atoms with E-state index in [0.29, 0.717) is 17.3 Å². The Kier molecular flexibility index (Phi) is 3.71. The van der Waals surface area contributed by atoms with E-state index in [1.807, 2.05) is 13.0 Å². The number of hydrogen-bond acceptors (Lipinski definition) is 2. The minimum atomic E-state index is -1.01. The lowest BCUT2D eigenvalue weighted by atomic mass is 10.1. The van der Waals surface area contributed by atoms with Gasteiger partial charge in [-0.1, -0.05) is 23.7 Å². The van der Waals surface area contributed by atoms with Gasteiger partial charge in [0.1, 0.15) is 5.69 Å². The van der Waals surface area contributed by atoms with E-state index in [4.69, 9.17) is 16.7 Å². The Hall–Kier alpha value is -2.07. The summed E-state index contributed by atoms with van der Waals surface area (Å²) >= 11 is 5.97. The highest BCUT2D eigenvalue weighted by atomic mass is 35.5. The summed E-state index contributed by atoms with van der Waals surface area (Å²) in [5.74, 6) is -1.01. The molecule has 2 aromatic rings. The molecule has 4 nitrogen and oxygen atoms in total. The molecule has 19 heavy (non-hydrogen) atoms. The highest BCUT2D eigenvalue weighted by Crippen LogP contribution is 2.26. The van der Waals surface area contributed by atoms with Crippen molar-refractivity contribution < 1.29 is 9.90 Å². The van der Waals surface area contributed by atoms with Crippen molar-refractivity contribution in [1.29, 1.82) is 0 Å². The molecule has 1 N–H and O–H groups in total. The van der Waals surface area contributed by atoms with E-state index in [0.717, 1.165) is 11.1 Å². The topological polar surface area (TPSA) is 55.1 Å². The van der Waals surface area contributed by atoms with Gasteiger partial charge in [-0.15, -0.1) is 6.58 Å². The molecule has 0 radical (unpaired) electrons. The summed E-state index contributed by atoms with van der Waals surface area (Å²) < 4.78 is 1.41. The Labute approximate surface area is 115 Å². The number of allylic oxidation sites excluding steroid dienone is 1. The number of benzene rings is 1. The van der Waals surface area contributed by atoms with Crippen LogP contribution < -0.4 is 0 Å². The highest BCUT2D eigenvalue weighted by molar-refractivity contribution is 6.30. The average Bonchev–Trinajstić information content (AvgIpc) is 2.77. The molecule has 98 valence electrons. The fraction of sp³-hybridized carbons (Fsp3) is 0.143. The molecule has 0 fully saturated rings. The Morgan fingerprint density at radius 2 is 2.26 bits per heavy atom. The molecule has 1 aromatic heterocycles. The third-order valence-electron chi connectivity index (χ3n) is 2.78. The maximum Gasteiger partial charge on any atom is 0.354 e. The predicted molar refractivity (Wildman–Crippen MR) is 74.6 cm³/mol. The first-order valence-electron chi connectivity index (χ1n) is 5.71. The molecule has 0 atom stereocenters. The Balaban J connectivity index is 2.56. The van der Waals surface area contributed by atoms with Gasteiger partial charge in [-0.3, -0.25) is 4.68 Å². The number of hydrogen-bond donors (Lipinski definition) is 1. The van der Waals surface area contributed by atoms with Crippen LogP contribution in [0.2, 0.25) is 5.02 Å². The van der Waals surface area contributed by atoms with Gasteiger partial charge in [-0.2, -0.15) is 5.10 Å². The summed E-state index contributed by atoms with van der Waals surface area (Å²) in [4.78, 5) is 11.2. The lowest BCUT2D eigenvalue weighted by Gasteiger charge is -2.03. The quantitative estimate of drug-likeness (QED) is 0.871. The lowest BCUT2D eigenvalue weighted by molar-refractivity contribution is 0.0684. The molecular formula is C14H13ClN2O2. The number of carboxylic acids is 1. The van der Waals surface area contributed by atoms with Crippen LogP contribution in [0.5, 0.6) is 0 Å². The van der Waals surface area contributed by atoms with Crippen LogP contribution in [-0.2, 0) is 6.54 Å². The monoisotopic (exact) mass is 276 g/mol. The van der Waals surface area contributed by atoms with Crippen molar-refractivity contribution in [1.82, 2.24) is 9.78 Å². The minimum Gasteiger partial charge on any atom is -0.477 e. The number of halogens is 1. The van der Waals surface area contributed by atoms with Crippen LogP contribution in [0, 0.1) is 6.92 Å². The van der Waals surface area contributed by atoms with E-state index < -0.39 is 5.97 Å². The summed E-state index contributed by atoms with van der Waals surface area (Å²) in [6, 6.07) is 7.00. The van der Waals surface area contributed by atoms with Crippen LogP contribution in [0.25, 0.3) is 11.3 Å². The molecular weight excluding hydrogens is 264 g/mol. The normalized spacial score (nSPS) is 10.4. The molecule has 0 spiro atoms. The predicted octanol–water partition coefficient (Wildman–Crippen LogP) is 3.40. The van der Waals surface area contributed by atoms with Gasteiger partial charge in [-0.25, -0.2) is 4.79 Å². The molecule has 0 saturated carbocycles. The van der Waals surface area contributed by atoms with Crippen molar-refractivity contribution in [2.75, 3.05) is 0 Å². The van der Waals surface area contributed by atoms with Gasteiger partial charge >= 0.3 is 5.97 Å². The number of rotatable bonds is 4. The molecule has 0 unspecified atom stereocenters. The second-order valence-corrected chi connectivity index (χ2v) is 4.59. The first kappa shape index (κ1) is 13.4. The molecule has 0 aliphatic carbocycles. The molecule has 1 aromatic carbocycles. The number of aromatic carboxylic acids is 1. The summed E-state index contributed by atoms with van der Waals surface area (Å²) in [5.41, 5.74) is 2.55. The smallest absolute Gasteiger partial charge is 0.354 e. The van der Waals surface area contributed by atoms with Crippen molar-refractivity contribution in [3.8, 4) is 11.3 Å². The summed E-state index contributed by atoms with van der Waals surface area (Å²) in [6.07, 6.45) is 1.61. The Morgan fingerprint density at radius 1 is 1.53 bits per heavy atom. The largest absolute Gasteiger partial charge is 0.477 e. The zero-order valence-electron chi connectivity index (χ0n) is 10.4.